The first-order valence-corrected chi connectivity index (χ1v) is 13.7. The summed E-state index contributed by atoms with van der Waals surface area (Å²) in [6.07, 6.45) is 3.93. The normalized spacial score (nSPS) is 22.9. The first-order chi connectivity index (χ1) is 16.2. The van der Waals surface area contributed by atoms with E-state index < -0.39 is 20.5 Å². The van der Waals surface area contributed by atoms with Crippen molar-refractivity contribution in [3.05, 3.63) is 48.5 Å². The molecule has 2 atom stereocenters. The summed E-state index contributed by atoms with van der Waals surface area (Å²) in [7, 11) is -4.03. The lowest BCUT2D eigenvalue weighted by Crippen LogP contribution is -2.49. The maximum absolute atomic E-state index is 14.4. The molecule has 0 bridgehead atoms. The Morgan fingerprint density at radius 1 is 1.03 bits per heavy atom. The lowest BCUT2D eigenvalue weighted by molar-refractivity contribution is -0.118. The van der Waals surface area contributed by atoms with Crippen LogP contribution in [0.2, 0.25) is 0 Å². The molecule has 184 valence electrons. The predicted molar refractivity (Wildman–Crippen MR) is 138 cm³/mol. The summed E-state index contributed by atoms with van der Waals surface area (Å²) in [4.78, 5) is 14.1. The van der Waals surface area contributed by atoms with E-state index in [-0.39, 0.29) is 16.4 Å². The Morgan fingerprint density at radius 2 is 1.68 bits per heavy atom. The van der Waals surface area contributed by atoms with Gasteiger partial charge in [0, 0.05) is 6.04 Å². The van der Waals surface area contributed by atoms with Gasteiger partial charge < -0.3 is 21.7 Å². The number of carbonyl (C=O) groups is 1. The smallest absolute Gasteiger partial charge is 0.246 e. The van der Waals surface area contributed by atoms with E-state index in [1.54, 1.807) is 42.5 Å². The lowest BCUT2D eigenvalue weighted by atomic mass is 9.77. The van der Waals surface area contributed by atoms with Crippen molar-refractivity contribution in [2.45, 2.75) is 68.1 Å². The van der Waals surface area contributed by atoms with Gasteiger partial charge in [0.15, 0.2) is 14.6 Å². The van der Waals surface area contributed by atoms with Crippen LogP contribution >= 0.6 is 0 Å². The number of nitrogen functional groups attached to an aromatic ring is 1. The van der Waals surface area contributed by atoms with Crippen molar-refractivity contribution in [1.29, 1.82) is 0 Å². The van der Waals surface area contributed by atoms with Crippen LogP contribution in [-0.2, 0) is 14.6 Å². The Morgan fingerprint density at radius 3 is 2.35 bits per heavy atom. The van der Waals surface area contributed by atoms with E-state index in [2.05, 4.69) is 16.0 Å². The molecule has 1 aliphatic carbocycles. The maximum Gasteiger partial charge on any atom is 0.246 e. The van der Waals surface area contributed by atoms with Gasteiger partial charge in [-0.1, -0.05) is 31.2 Å². The summed E-state index contributed by atoms with van der Waals surface area (Å²) >= 11 is 0. The molecular formula is C26H36N4O3S. The van der Waals surface area contributed by atoms with Crippen LogP contribution in [0.1, 0.15) is 52.4 Å². The van der Waals surface area contributed by atoms with Gasteiger partial charge in [0.05, 0.1) is 22.0 Å². The van der Waals surface area contributed by atoms with Crippen molar-refractivity contribution >= 4 is 32.8 Å². The first kappa shape index (κ1) is 24.5. The van der Waals surface area contributed by atoms with Gasteiger partial charge in [-0.15, -0.1) is 0 Å². The van der Waals surface area contributed by atoms with Gasteiger partial charge in [0.25, 0.3) is 0 Å². The zero-order chi connectivity index (χ0) is 24.4. The number of nitrogens with two attached hydrogens (primary N) is 1. The third-order valence-corrected chi connectivity index (χ3v) is 10.2. The van der Waals surface area contributed by atoms with Crippen LogP contribution in [0.25, 0.3) is 0 Å². The van der Waals surface area contributed by atoms with Crippen LogP contribution in [0.4, 0.5) is 17.1 Å². The van der Waals surface area contributed by atoms with Crippen LogP contribution in [0.3, 0.4) is 0 Å². The largest absolute Gasteiger partial charge is 0.397 e. The first-order valence-electron chi connectivity index (χ1n) is 12.2. The third kappa shape index (κ3) is 4.41. The lowest BCUT2D eigenvalue weighted by Gasteiger charge is -2.36. The summed E-state index contributed by atoms with van der Waals surface area (Å²) in [5, 5.41) is 9.59. The Kier molecular flexibility index (Phi) is 6.92. The van der Waals surface area contributed by atoms with Gasteiger partial charge in [-0.25, -0.2) is 8.42 Å². The second kappa shape index (κ2) is 9.58. The molecule has 8 heteroatoms. The number of hydrogen-bond donors (Lipinski definition) is 4. The van der Waals surface area contributed by atoms with Crippen LogP contribution in [-0.4, -0.2) is 38.2 Å². The Balaban J connectivity index is 1.79. The van der Waals surface area contributed by atoms with E-state index in [1.165, 1.54) is 0 Å². The Labute approximate surface area is 202 Å². The fraction of sp³-hybridized carbons (Fsp3) is 0.500. The summed E-state index contributed by atoms with van der Waals surface area (Å²) in [5.74, 6) is -0.487. The van der Waals surface area contributed by atoms with E-state index in [0.29, 0.717) is 36.3 Å². The summed E-state index contributed by atoms with van der Waals surface area (Å²) < 4.78 is 27.3. The highest BCUT2D eigenvalue weighted by Gasteiger charge is 2.60. The number of rotatable bonds is 7. The Bertz CT molecular complexity index is 1140. The standard InChI is InChI=1S/C26H36N4O3S/c1-3-19(2)29-22-10-6-7-11-23(22)34(32,33)26(13-12-25(18-26)14-16-28-17-15-25)24(31)30-21-9-5-4-8-20(21)27/h4-11,19,28-29H,3,12-18,27H2,1-2H3,(H,30,31). The number of benzene rings is 2. The summed E-state index contributed by atoms with van der Waals surface area (Å²) in [6, 6.07) is 14.0. The van der Waals surface area contributed by atoms with E-state index in [1.807, 2.05) is 19.9 Å². The van der Waals surface area contributed by atoms with Gasteiger partial charge in [-0.05, 0) is 88.2 Å². The zero-order valence-electron chi connectivity index (χ0n) is 20.1. The van der Waals surface area contributed by atoms with Crippen molar-refractivity contribution in [1.82, 2.24) is 5.32 Å². The average molecular weight is 485 g/mol. The minimum absolute atomic E-state index is 0.101. The second-order valence-corrected chi connectivity index (χ2v) is 12.1. The SMILES string of the molecule is CCC(C)Nc1ccccc1S(=O)(=O)C1(C(=O)Nc2ccccc2N)CCC2(CCNCC2)C1. The molecular weight excluding hydrogens is 448 g/mol. The summed E-state index contributed by atoms with van der Waals surface area (Å²) in [5.41, 5.74) is 7.33. The van der Waals surface area contributed by atoms with Crippen molar-refractivity contribution in [3.63, 3.8) is 0 Å². The molecule has 2 unspecified atom stereocenters. The number of anilines is 3. The highest BCUT2D eigenvalue weighted by molar-refractivity contribution is 7.93. The molecule has 2 fully saturated rings. The molecule has 1 spiro atoms. The number of piperidine rings is 1. The number of carbonyl (C=O) groups excluding carboxylic acids is 1. The van der Waals surface area contributed by atoms with Gasteiger partial charge in [0.1, 0.15) is 0 Å². The van der Waals surface area contributed by atoms with E-state index in [9.17, 15) is 13.2 Å². The molecule has 7 nitrogen and oxygen atoms in total. The molecule has 2 aliphatic rings. The minimum Gasteiger partial charge on any atom is -0.397 e. The average Bonchev–Trinajstić information content (AvgIpc) is 3.21. The topological polar surface area (TPSA) is 113 Å². The molecule has 1 aliphatic heterocycles. The van der Waals surface area contributed by atoms with Crippen LogP contribution in [0, 0.1) is 5.41 Å². The maximum atomic E-state index is 14.4. The van der Waals surface area contributed by atoms with Gasteiger partial charge in [0.2, 0.25) is 5.91 Å². The molecule has 4 rings (SSSR count). The monoisotopic (exact) mass is 484 g/mol. The molecule has 0 aromatic heterocycles. The predicted octanol–water partition coefficient (Wildman–Crippen LogP) is 4.18. The van der Waals surface area contributed by atoms with E-state index in [4.69, 9.17) is 5.73 Å². The molecule has 1 amide bonds. The molecule has 34 heavy (non-hydrogen) atoms. The minimum atomic E-state index is -4.03. The zero-order valence-corrected chi connectivity index (χ0v) is 20.9. The highest BCUT2D eigenvalue weighted by atomic mass is 32.2. The number of amides is 1. The fourth-order valence-electron chi connectivity index (χ4n) is 5.42. The van der Waals surface area contributed by atoms with Gasteiger partial charge in [-0.3, -0.25) is 4.79 Å². The number of hydrogen-bond acceptors (Lipinski definition) is 6. The van der Waals surface area contributed by atoms with E-state index >= 15 is 0 Å². The molecule has 2 aromatic rings. The molecule has 0 radical (unpaired) electrons. The molecule has 2 aromatic carbocycles. The van der Waals surface area contributed by atoms with Crippen LogP contribution in [0.5, 0.6) is 0 Å². The van der Waals surface area contributed by atoms with Crippen LogP contribution in [0.15, 0.2) is 53.4 Å². The quantitative estimate of drug-likeness (QED) is 0.439. The number of nitrogens with one attached hydrogen (secondary N) is 3. The van der Waals surface area contributed by atoms with Crippen molar-refractivity contribution in [2.75, 3.05) is 29.5 Å². The van der Waals surface area contributed by atoms with Crippen molar-refractivity contribution < 1.29 is 13.2 Å². The second-order valence-electron chi connectivity index (χ2n) is 9.92. The van der Waals surface area contributed by atoms with Gasteiger partial charge >= 0.3 is 0 Å². The van der Waals surface area contributed by atoms with Crippen molar-refractivity contribution in [2.24, 2.45) is 5.41 Å². The Hall–Kier alpha value is -2.58. The highest BCUT2D eigenvalue weighted by Crippen LogP contribution is 2.55. The fourth-order valence-corrected chi connectivity index (χ4v) is 7.68. The van der Waals surface area contributed by atoms with Crippen molar-refractivity contribution in [3.8, 4) is 0 Å². The van der Waals surface area contributed by atoms with Gasteiger partial charge in [-0.2, -0.15) is 0 Å². The summed E-state index contributed by atoms with van der Waals surface area (Å²) in [6.45, 7) is 5.75. The third-order valence-electron chi connectivity index (χ3n) is 7.71. The molecule has 1 saturated carbocycles. The molecule has 1 heterocycles. The van der Waals surface area contributed by atoms with E-state index in [0.717, 1.165) is 32.4 Å². The number of para-hydroxylation sites is 3. The number of sulfone groups is 1. The molecule has 1 saturated heterocycles. The van der Waals surface area contributed by atoms with Crippen LogP contribution < -0.4 is 21.7 Å². The molecule has 5 N–H and O–H groups in total.